The van der Waals surface area contributed by atoms with Gasteiger partial charge in [0, 0.05) is 19.6 Å². The average molecular weight is 520 g/mol. The van der Waals surface area contributed by atoms with Crippen molar-refractivity contribution < 1.29 is 33.5 Å². The molecule has 0 saturated carbocycles. The minimum absolute atomic E-state index is 0. The van der Waals surface area contributed by atoms with Crippen molar-refractivity contribution in [1.29, 1.82) is 0 Å². The van der Waals surface area contributed by atoms with E-state index in [4.69, 9.17) is 9.47 Å². The Bertz CT molecular complexity index is 709. The second-order valence-corrected chi connectivity index (χ2v) is 10.3. The highest BCUT2D eigenvalue weighted by molar-refractivity contribution is 7.95. The van der Waals surface area contributed by atoms with Gasteiger partial charge in [0.05, 0.1) is 6.16 Å². The maximum Gasteiger partial charge on any atom is 0.161 e. The Morgan fingerprint density at radius 3 is 1.28 bits per heavy atom. The van der Waals surface area contributed by atoms with Crippen molar-refractivity contribution in [3.63, 3.8) is 0 Å². The van der Waals surface area contributed by atoms with E-state index < -0.39 is 7.26 Å². The normalized spacial score (nSPS) is 11.3. The van der Waals surface area contributed by atoms with Crippen molar-refractivity contribution in [1.82, 2.24) is 0 Å². The summed E-state index contributed by atoms with van der Waals surface area (Å²) in [6.45, 7) is 5.39. The summed E-state index contributed by atoms with van der Waals surface area (Å²) >= 11 is 0. The molecule has 0 unspecified atom stereocenters. The first-order valence-corrected chi connectivity index (χ1v) is 12.1. The predicted molar refractivity (Wildman–Crippen MR) is 122 cm³/mol. The second kappa shape index (κ2) is 12.4. The van der Waals surface area contributed by atoms with Crippen molar-refractivity contribution in [3.8, 4) is 0 Å². The molecule has 0 aliphatic rings. The van der Waals surface area contributed by atoms with Crippen LogP contribution in [0.25, 0.3) is 0 Å². The lowest BCUT2D eigenvalue weighted by Gasteiger charge is -2.29. The maximum absolute atomic E-state index is 5.88. The molecule has 0 spiro atoms. The molecule has 0 N–H and O–H groups in total. The number of benzene rings is 3. The van der Waals surface area contributed by atoms with Crippen LogP contribution in [0.15, 0.2) is 91.0 Å². The molecule has 0 amide bonds. The molecule has 4 heteroatoms. The lowest BCUT2D eigenvalue weighted by Crippen LogP contribution is -3.00. The molecule has 0 saturated heterocycles. The van der Waals surface area contributed by atoms with Gasteiger partial charge in [-0.15, -0.1) is 0 Å². The minimum Gasteiger partial charge on any atom is -1.00 e. The lowest BCUT2D eigenvalue weighted by molar-refractivity contribution is -0.136. The zero-order valence-electron chi connectivity index (χ0n) is 17.2. The maximum atomic E-state index is 5.88. The van der Waals surface area contributed by atoms with E-state index in [0.717, 1.165) is 12.6 Å². The van der Waals surface area contributed by atoms with Gasteiger partial charge in [0.2, 0.25) is 0 Å². The van der Waals surface area contributed by atoms with Gasteiger partial charge in [0.15, 0.2) is 6.29 Å². The van der Waals surface area contributed by atoms with Crippen LogP contribution in [0.4, 0.5) is 0 Å². The van der Waals surface area contributed by atoms with Crippen molar-refractivity contribution >= 4 is 23.2 Å². The number of halogens is 1. The van der Waals surface area contributed by atoms with Crippen LogP contribution in [0.2, 0.25) is 0 Å². The van der Waals surface area contributed by atoms with E-state index in [-0.39, 0.29) is 30.3 Å². The van der Waals surface area contributed by atoms with E-state index in [1.165, 1.54) is 15.9 Å². The van der Waals surface area contributed by atoms with Gasteiger partial charge in [-0.05, 0) is 50.2 Å². The first kappa shape index (κ1) is 24.0. The zero-order chi connectivity index (χ0) is 19.7. The third-order valence-electron chi connectivity index (χ3n) is 5.00. The summed E-state index contributed by atoms with van der Waals surface area (Å²) in [4.78, 5) is 0. The molecule has 0 radical (unpaired) electrons. The molecular weight excluding hydrogens is 490 g/mol. The van der Waals surface area contributed by atoms with Gasteiger partial charge in [-0.2, -0.15) is 0 Å². The third-order valence-corrected chi connectivity index (χ3v) is 9.46. The van der Waals surface area contributed by atoms with E-state index in [1.807, 2.05) is 13.8 Å². The summed E-state index contributed by atoms with van der Waals surface area (Å²) in [5.74, 6) is 0. The summed E-state index contributed by atoms with van der Waals surface area (Å²) in [6, 6.07) is 32.9. The standard InChI is InChI=1S/C25H30O2P.HI/c1-3-26-25(27-4-2)20-21-28(22-14-8-5-9-15-22,23-16-10-6-11-17-23)24-18-12-7-13-19-24;/h5-19,25H,3-4,20-21H2,1-2H3;1H/q+1;/p-1. The molecule has 3 aromatic rings. The molecular formula is C25H30IO2P. The Morgan fingerprint density at radius 1 is 0.621 bits per heavy atom. The van der Waals surface area contributed by atoms with Gasteiger partial charge in [0.1, 0.15) is 23.2 Å². The van der Waals surface area contributed by atoms with E-state index in [2.05, 4.69) is 91.0 Å². The molecule has 0 atom stereocenters. The van der Waals surface area contributed by atoms with Crippen LogP contribution in [-0.2, 0) is 9.47 Å². The van der Waals surface area contributed by atoms with Gasteiger partial charge >= 0.3 is 0 Å². The largest absolute Gasteiger partial charge is 1.00 e. The van der Waals surface area contributed by atoms with E-state index in [0.29, 0.717) is 13.2 Å². The predicted octanol–water partition coefficient (Wildman–Crippen LogP) is 1.77. The molecule has 0 aliphatic heterocycles. The molecule has 154 valence electrons. The van der Waals surface area contributed by atoms with E-state index >= 15 is 0 Å². The second-order valence-electron chi connectivity index (χ2n) is 6.67. The summed E-state index contributed by atoms with van der Waals surface area (Å²) < 4.78 is 11.8. The summed E-state index contributed by atoms with van der Waals surface area (Å²) in [6.07, 6.45) is 1.72. The Balaban J connectivity index is 0.00000300. The summed E-state index contributed by atoms with van der Waals surface area (Å²) in [5.41, 5.74) is 0. The lowest BCUT2D eigenvalue weighted by atomic mass is 10.3. The van der Waals surface area contributed by atoms with Crippen LogP contribution in [0.3, 0.4) is 0 Å². The molecule has 0 heterocycles. The quantitative estimate of drug-likeness (QED) is 0.231. The Morgan fingerprint density at radius 2 is 0.966 bits per heavy atom. The number of hydrogen-bond donors (Lipinski definition) is 0. The molecule has 0 aliphatic carbocycles. The molecule has 29 heavy (non-hydrogen) atoms. The third kappa shape index (κ3) is 5.88. The minimum atomic E-state index is -1.81. The van der Waals surface area contributed by atoms with Gasteiger partial charge < -0.3 is 33.5 Å². The Kier molecular flexibility index (Phi) is 10.3. The van der Waals surface area contributed by atoms with Crippen molar-refractivity contribution in [2.45, 2.75) is 26.6 Å². The van der Waals surface area contributed by atoms with Crippen LogP contribution >= 0.6 is 7.26 Å². The Hall–Kier alpha value is -1.26. The highest BCUT2D eigenvalue weighted by Gasteiger charge is 2.45. The fourth-order valence-corrected chi connectivity index (χ4v) is 8.08. The molecule has 2 nitrogen and oxygen atoms in total. The number of hydrogen-bond acceptors (Lipinski definition) is 2. The van der Waals surface area contributed by atoms with Crippen LogP contribution in [-0.4, -0.2) is 25.7 Å². The van der Waals surface area contributed by atoms with Gasteiger partial charge in [-0.25, -0.2) is 0 Å². The SMILES string of the molecule is CCOC(CC[P+](c1ccccc1)(c1ccccc1)c1ccccc1)OCC.[I-]. The Labute approximate surface area is 193 Å². The van der Waals surface area contributed by atoms with Crippen LogP contribution in [0.5, 0.6) is 0 Å². The van der Waals surface area contributed by atoms with Gasteiger partial charge in [-0.1, -0.05) is 54.6 Å². The molecule has 3 rings (SSSR count). The monoisotopic (exact) mass is 520 g/mol. The summed E-state index contributed by atoms with van der Waals surface area (Å²) in [7, 11) is -1.81. The van der Waals surface area contributed by atoms with Gasteiger partial charge in [-0.3, -0.25) is 0 Å². The van der Waals surface area contributed by atoms with Crippen LogP contribution in [0.1, 0.15) is 20.3 Å². The van der Waals surface area contributed by atoms with E-state index in [9.17, 15) is 0 Å². The molecule has 3 aromatic carbocycles. The van der Waals surface area contributed by atoms with Crippen LogP contribution < -0.4 is 39.9 Å². The fourth-order valence-electron chi connectivity index (χ4n) is 3.77. The van der Waals surface area contributed by atoms with Gasteiger partial charge in [0.25, 0.3) is 0 Å². The fraction of sp³-hybridized carbons (Fsp3) is 0.280. The smallest absolute Gasteiger partial charge is 0.161 e. The van der Waals surface area contributed by atoms with Crippen molar-refractivity contribution in [2.75, 3.05) is 19.4 Å². The number of ether oxygens (including phenoxy) is 2. The average Bonchev–Trinajstić information content (AvgIpc) is 2.77. The first-order valence-electron chi connectivity index (χ1n) is 10.1. The van der Waals surface area contributed by atoms with Crippen molar-refractivity contribution in [2.24, 2.45) is 0 Å². The molecule has 0 fully saturated rings. The number of rotatable bonds is 10. The molecule has 0 aromatic heterocycles. The van der Waals surface area contributed by atoms with Crippen molar-refractivity contribution in [3.05, 3.63) is 91.0 Å². The summed E-state index contributed by atoms with van der Waals surface area (Å²) in [5, 5.41) is 4.21. The highest BCUT2D eigenvalue weighted by atomic mass is 127. The topological polar surface area (TPSA) is 18.5 Å². The zero-order valence-corrected chi connectivity index (χ0v) is 20.3. The highest BCUT2D eigenvalue weighted by Crippen LogP contribution is 2.56. The molecule has 0 bridgehead atoms. The first-order chi connectivity index (χ1) is 13.8. The van der Waals surface area contributed by atoms with Crippen LogP contribution in [0, 0.1) is 0 Å². The van der Waals surface area contributed by atoms with E-state index in [1.54, 1.807) is 0 Å².